The number of furan rings is 2. The quantitative estimate of drug-likeness (QED) is 0.0311. The zero-order chi connectivity index (χ0) is 97.8. The minimum absolute atomic E-state index is 0. The molecule has 1 fully saturated rings. The molecule has 0 amide bonds. The Morgan fingerprint density at radius 1 is 0.431 bits per heavy atom. The number of hydrogen-bond donors (Lipinski definition) is 2. The van der Waals surface area contributed by atoms with Gasteiger partial charge in [0.15, 0.2) is 0 Å². The number of carboxylic acid groups (broad SMARTS) is 1. The van der Waals surface area contributed by atoms with Crippen LogP contribution >= 0.6 is 0 Å². The molecule has 0 radical (unpaired) electrons. The van der Waals surface area contributed by atoms with Gasteiger partial charge in [0.25, 0.3) is 0 Å². The largest absolute Gasteiger partial charge is 2.00 e. The Kier molecular flexibility index (Phi) is 32.6. The first kappa shape index (κ1) is 105. The van der Waals surface area contributed by atoms with Crippen molar-refractivity contribution in [3.63, 3.8) is 0 Å². The third-order valence-electron chi connectivity index (χ3n) is 23.9. The number of para-hydroxylation sites is 2. The van der Waals surface area contributed by atoms with Crippen LogP contribution in [0.25, 0.3) is 106 Å². The van der Waals surface area contributed by atoms with Crippen LogP contribution in [0, 0.1) is 84.1 Å². The molecule has 0 unspecified atom stereocenters. The Morgan fingerprint density at radius 2 is 0.889 bits per heavy atom. The van der Waals surface area contributed by atoms with Crippen LogP contribution in [0.4, 0.5) is 54.0 Å². The molecule has 21 rings (SSSR count). The molecule has 0 atom stereocenters. The van der Waals surface area contributed by atoms with E-state index in [0.717, 1.165) is 127 Å². The normalized spacial score (nSPS) is 12.3. The molecule has 14 heterocycles. The molecule has 14 aromatic heterocycles. The number of benzene rings is 6. The van der Waals surface area contributed by atoms with E-state index in [1.165, 1.54) is 24.3 Å². The third-order valence-corrected chi connectivity index (χ3v) is 23.9. The molecule has 2 N–H and O–H groups in total. The van der Waals surface area contributed by atoms with Gasteiger partial charge in [-0.25, -0.2) is 36.1 Å². The smallest absolute Gasteiger partial charge is 0.806 e. The number of rotatable bonds is 20. The Labute approximate surface area is 873 Å². The van der Waals surface area contributed by atoms with Crippen LogP contribution in [0.5, 0.6) is 0 Å². The van der Waals surface area contributed by atoms with Gasteiger partial charge in [0.1, 0.15) is 52.5 Å². The van der Waals surface area contributed by atoms with Crippen LogP contribution in [0.15, 0.2) is 312 Å². The van der Waals surface area contributed by atoms with Gasteiger partial charge in [-0.1, -0.05) is 234 Å². The summed E-state index contributed by atoms with van der Waals surface area (Å²) in [7, 11) is 0. The monoisotopic (exact) mass is 2660 g/mol. The van der Waals surface area contributed by atoms with Gasteiger partial charge in [0.05, 0.1) is 50.7 Å². The molecule has 6 aromatic carbocycles. The second kappa shape index (κ2) is 44.6. The van der Waals surface area contributed by atoms with Crippen molar-refractivity contribution < 1.29 is 151 Å². The first-order chi connectivity index (χ1) is 67.5. The standard InChI is InChI=1S/C43H27N4O2.C25H17F4N4.C22H14F5N5.C19H14F2N3O2.4Pt/c44-41(23-25-45-31-19-21-39-35(27-31)33-15-7-9-17-37(33)48-39)43(29-11-3-1-4-12-29,30-13-5-2-6-14-30)42-24-26-47(46-42)32-20-22-40-36(28-32)34-16-8-10-18-38(34)49-40;26-21-11-9-15(23(28)32-21)17-5-3-7-19(30-17)25(13-1-2-14-25)20-8-4-6-18(31-20)16-10-12-22(27)33-24(16)29;1-21(2,15-6-3-5-14(28-15)13-9-10-18(23)30-20(13)24)16-7-4-8-19(29-16)32-12-11-17(31-32)22(25,26)27;1-19(2,15-8-4-6-13(23-15)18(25)26)14-7-3-5-12(22-14)11-9-10-16(20)24-17(11)21;;;;/h1-18,21-28,45H;3-9,11-12H,1-2,13-14H2;3-8,10-11H,1-2H3;3-8,10H,1-2H3,(H,25,26);;;;/q-3;-1;-2;-1;;;;+2/b25-23-;;;;;;;. The number of nitrogens with zero attached hydrogens (tertiary/aromatic N) is 15. The number of allylic oxidation sites excluding steroid dienone is 1. The average Bonchev–Trinajstić information content (AvgIpc) is 1.43. The average molecular weight is 2660 g/mol. The SMILES string of the molecule is CC(C)(c1cccc(-c2[c-]cc(F)nc2F)n1)c1cccc(-n2[c-]cc(C(F)(F)F)n2)n1.CC(C)(c1cccc(C(=O)O)n1)c1cccc(-c2[c-]cc(F)nc2F)n1.Fc1c[c-]c(-c2cccc(C3(c4cccc(-c5ccc(F)nc5F)n4)CCCC3)n2)c(F)n1.[N-]=C(/C=C\Nc1[c-]cc2oc3ccccc3c2c1)C(c1ccccc1)(c1ccccc1)c1ccn(-c2[c-]cc3oc4ccccc4c3c2)n1.[Pt+2].[Pt].[Pt].[Pt]. The number of nitrogens with one attached hydrogen (secondary N) is 1. The fourth-order valence-corrected chi connectivity index (χ4v) is 16.8. The number of halogens is 11. The summed E-state index contributed by atoms with van der Waals surface area (Å²) in [4.78, 5) is 50.8. The Hall–Kier alpha value is -14.5. The molecule has 0 saturated heterocycles. The summed E-state index contributed by atoms with van der Waals surface area (Å²) >= 11 is 0. The van der Waals surface area contributed by atoms with Crippen molar-refractivity contribution in [3.05, 3.63) is 455 Å². The van der Waals surface area contributed by atoms with E-state index in [0.29, 0.717) is 45.6 Å². The Balaban J connectivity index is 0.000000155. The predicted octanol–water partition coefficient (Wildman–Crippen LogP) is 24.6. The Bertz CT molecular complexity index is 7970. The fourth-order valence-electron chi connectivity index (χ4n) is 16.8. The summed E-state index contributed by atoms with van der Waals surface area (Å²) in [5, 5.41) is 37.4. The maximum Gasteiger partial charge on any atom is 2.00 e. The number of pyridine rings is 10. The number of fused-ring (bicyclic) bond motifs is 6. The first-order valence-electron chi connectivity index (χ1n) is 43.5. The van der Waals surface area contributed by atoms with Gasteiger partial charge in [-0.05, 0) is 159 Å². The van der Waals surface area contributed by atoms with Crippen LogP contribution in [0.2, 0.25) is 0 Å². The van der Waals surface area contributed by atoms with Gasteiger partial charge in [-0.2, -0.15) is 49.9 Å². The van der Waals surface area contributed by atoms with E-state index in [2.05, 4.69) is 97.9 Å². The second-order valence-corrected chi connectivity index (χ2v) is 33.4. The van der Waals surface area contributed by atoms with Gasteiger partial charge >= 0.3 is 33.2 Å². The maximum atomic E-state index is 14.3. The molecule has 734 valence electrons. The molecular formula is C109H72F11N16O4Pt4-5. The van der Waals surface area contributed by atoms with E-state index in [9.17, 15) is 58.5 Å². The second-order valence-electron chi connectivity index (χ2n) is 33.4. The van der Waals surface area contributed by atoms with Crippen LogP contribution in [-0.2, 0) is 112 Å². The van der Waals surface area contributed by atoms with E-state index >= 15 is 0 Å². The number of aromatic carboxylic acids is 1. The van der Waals surface area contributed by atoms with E-state index in [4.69, 9.17) is 24.0 Å². The van der Waals surface area contributed by atoms with Gasteiger partial charge < -0.3 is 44.3 Å². The number of anilines is 1. The van der Waals surface area contributed by atoms with Crippen molar-refractivity contribution in [1.82, 2.24) is 69.4 Å². The zero-order valence-electron chi connectivity index (χ0n) is 75.5. The predicted molar refractivity (Wildman–Crippen MR) is 502 cm³/mol. The molecule has 20 nitrogen and oxygen atoms in total. The summed E-state index contributed by atoms with van der Waals surface area (Å²) in [5.74, 6) is -8.76. The summed E-state index contributed by atoms with van der Waals surface area (Å²) in [6, 6.07) is 95.5. The van der Waals surface area contributed by atoms with Crippen molar-refractivity contribution in [1.29, 1.82) is 0 Å². The van der Waals surface area contributed by atoms with Crippen LogP contribution < -0.4 is 5.32 Å². The maximum absolute atomic E-state index is 14.3. The van der Waals surface area contributed by atoms with Crippen LogP contribution in [0.3, 0.4) is 0 Å². The molecule has 144 heavy (non-hydrogen) atoms. The number of carboxylic acids is 1. The van der Waals surface area contributed by atoms with Crippen molar-refractivity contribution in [2.45, 2.75) is 81.2 Å². The molecule has 1 aliphatic rings. The summed E-state index contributed by atoms with van der Waals surface area (Å²) in [6.07, 6.45) is 6.52. The minimum atomic E-state index is -4.59. The molecule has 0 bridgehead atoms. The topological polar surface area (TPSA) is 262 Å². The van der Waals surface area contributed by atoms with Crippen molar-refractivity contribution in [3.8, 4) is 56.5 Å². The third kappa shape index (κ3) is 22.0. The molecular weight excluding hydrogens is 2590 g/mol. The van der Waals surface area contributed by atoms with E-state index in [1.54, 1.807) is 95.8 Å². The number of hydrogen-bond acceptors (Lipinski definition) is 16. The first-order valence-corrected chi connectivity index (χ1v) is 43.5. The number of alkyl halides is 3. The molecule has 20 aromatic rings. The van der Waals surface area contributed by atoms with Gasteiger partial charge in [-0.15, -0.1) is 48.5 Å². The van der Waals surface area contributed by atoms with Crippen molar-refractivity contribution >= 4 is 61.2 Å². The summed E-state index contributed by atoms with van der Waals surface area (Å²) < 4.78 is 162. The van der Waals surface area contributed by atoms with Gasteiger partial charge in [0, 0.05) is 125 Å². The molecule has 35 heteroatoms. The molecule has 1 aliphatic carbocycles. The number of aromatic nitrogens is 14. The molecule has 0 aliphatic heterocycles. The zero-order valence-corrected chi connectivity index (χ0v) is 84.6. The van der Waals surface area contributed by atoms with Gasteiger partial charge in [-0.3, -0.25) is 34.7 Å². The van der Waals surface area contributed by atoms with Crippen molar-refractivity contribution in [2.24, 2.45) is 0 Å². The van der Waals surface area contributed by atoms with E-state index in [1.807, 2.05) is 179 Å². The number of carbonyl (C=O) groups is 1. The van der Waals surface area contributed by atoms with Crippen molar-refractivity contribution in [2.75, 3.05) is 5.32 Å². The van der Waals surface area contributed by atoms with Crippen LogP contribution in [-0.4, -0.2) is 86.2 Å². The van der Waals surface area contributed by atoms with E-state index in [-0.39, 0.29) is 141 Å². The van der Waals surface area contributed by atoms with Crippen LogP contribution in [0.1, 0.15) is 121 Å². The van der Waals surface area contributed by atoms with E-state index < -0.39 is 87.1 Å². The summed E-state index contributed by atoms with van der Waals surface area (Å²) in [5.41, 5.74) is 7.16. The van der Waals surface area contributed by atoms with Gasteiger partial charge in [0.2, 0.25) is 11.9 Å². The Morgan fingerprint density at radius 3 is 1.40 bits per heavy atom. The molecule has 1 saturated carbocycles. The fraction of sp³-hybridized carbons (Fsp3) is 0.119. The molecule has 0 spiro atoms. The minimum Gasteiger partial charge on any atom is -0.806 e. The summed E-state index contributed by atoms with van der Waals surface area (Å²) in [6.45, 7) is 7.27.